The number of nitrogens with zero attached hydrogens (tertiary/aromatic N) is 7. The highest BCUT2D eigenvalue weighted by atomic mass is 19.3. The fourth-order valence-corrected chi connectivity index (χ4v) is 8.50. The van der Waals surface area contributed by atoms with Crippen LogP contribution in [0.5, 0.6) is 17.4 Å². The first kappa shape index (κ1) is 33.1. The van der Waals surface area contributed by atoms with Crippen molar-refractivity contribution in [3.05, 3.63) is 59.4 Å². The van der Waals surface area contributed by atoms with E-state index in [1.54, 1.807) is 13.8 Å². The predicted molar refractivity (Wildman–Crippen MR) is 178 cm³/mol. The molecule has 2 aromatic heterocycles. The van der Waals surface area contributed by atoms with Gasteiger partial charge in [-0.2, -0.15) is 0 Å². The van der Waals surface area contributed by atoms with E-state index < -0.39 is 36.5 Å². The van der Waals surface area contributed by atoms with Gasteiger partial charge in [-0.25, -0.2) is 18.2 Å². The number of anilines is 1. The molecule has 1 amide bonds. The molecule has 11 nitrogen and oxygen atoms in total. The van der Waals surface area contributed by atoms with Crippen molar-refractivity contribution in [1.82, 2.24) is 35.3 Å². The third kappa shape index (κ3) is 6.47. The van der Waals surface area contributed by atoms with Crippen LogP contribution in [0.1, 0.15) is 67.6 Å². The van der Waals surface area contributed by atoms with E-state index in [0.29, 0.717) is 11.7 Å². The van der Waals surface area contributed by atoms with Crippen LogP contribution in [-0.2, 0) is 13.0 Å². The molecule has 0 bridgehead atoms. The number of benzene rings is 1. The van der Waals surface area contributed by atoms with E-state index in [2.05, 4.69) is 35.3 Å². The number of pyridine rings is 1. The van der Waals surface area contributed by atoms with Gasteiger partial charge in [-0.1, -0.05) is 0 Å². The lowest BCUT2D eigenvalue weighted by atomic mass is 9.61. The number of ether oxygens (including phenoxy) is 2. The van der Waals surface area contributed by atoms with Crippen LogP contribution in [0, 0.1) is 17.2 Å². The van der Waals surface area contributed by atoms with Crippen LogP contribution in [0.25, 0.3) is 0 Å². The zero-order valence-electron chi connectivity index (χ0n) is 28.5. The Balaban J connectivity index is 0.911. The summed E-state index contributed by atoms with van der Waals surface area (Å²) < 4.78 is 54.7. The van der Waals surface area contributed by atoms with Gasteiger partial charge in [0.15, 0.2) is 5.82 Å². The molecule has 1 atom stereocenters. The first-order valence-electron chi connectivity index (χ1n) is 17.7. The number of rotatable bonds is 10. The molecule has 5 aliphatic rings. The summed E-state index contributed by atoms with van der Waals surface area (Å²) in [6, 6.07) is 4.59. The molecule has 1 N–H and O–H groups in total. The maximum absolute atomic E-state index is 14.5. The number of aromatic nitrogens is 4. The maximum Gasteiger partial charge on any atom is 0.282 e. The van der Waals surface area contributed by atoms with Crippen LogP contribution in [-0.4, -0.2) is 99.3 Å². The van der Waals surface area contributed by atoms with E-state index in [-0.39, 0.29) is 34.8 Å². The topological polar surface area (TPSA) is 109 Å². The monoisotopic (exact) mass is 692 g/mol. The Bertz CT molecular complexity index is 1730. The molecule has 1 spiro atoms. The Morgan fingerprint density at radius 2 is 1.94 bits per heavy atom. The van der Waals surface area contributed by atoms with Crippen molar-refractivity contribution in [2.24, 2.45) is 11.3 Å². The number of hydrogen-bond acceptors (Lipinski definition) is 10. The molecule has 3 aliphatic heterocycles. The Kier molecular flexibility index (Phi) is 8.57. The standard InChI is InChI=1S/C36H43F3N8O3/c1-22(2)47(25-12-36(38,39)13-25)34(48)27-11-24(37)3-4-30(27)50-33-32(42-21-43-44-33)46-19-35(20-46)14-26(15-35)49-31-6-9-41-29-7-10-45(18-28(29)31)17-23-5-8-40-16-23/h3-4,6,9,11,21-23,25-26,40H,5,7-8,10,12-20H2,1-2H3/t23-/m1/s1. The van der Waals surface area contributed by atoms with Gasteiger partial charge in [-0.05, 0) is 76.4 Å². The summed E-state index contributed by atoms with van der Waals surface area (Å²) >= 11 is 0. The van der Waals surface area contributed by atoms with E-state index in [1.165, 1.54) is 35.3 Å². The van der Waals surface area contributed by atoms with Crippen LogP contribution >= 0.6 is 0 Å². The average molecular weight is 693 g/mol. The smallest absolute Gasteiger partial charge is 0.282 e. The van der Waals surface area contributed by atoms with Crippen LogP contribution in [0.15, 0.2) is 36.8 Å². The van der Waals surface area contributed by atoms with Gasteiger partial charge in [0.25, 0.3) is 17.7 Å². The zero-order chi connectivity index (χ0) is 34.6. The molecule has 4 fully saturated rings. The number of halogens is 3. The van der Waals surface area contributed by atoms with Crippen LogP contribution in [0.2, 0.25) is 0 Å². The number of alkyl halides is 2. The Morgan fingerprint density at radius 3 is 2.68 bits per heavy atom. The fourth-order valence-electron chi connectivity index (χ4n) is 8.50. The molecule has 0 radical (unpaired) electrons. The number of carbonyl (C=O) groups is 1. The summed E-state index contributed by atoms with van der Waals surface area (Å²) in [6.45, 7) is 10.2. The SMILES string of the molecule is CC(C)N(C(=O)c1cc(F)ccc1Oc1nncnc1N1CC2(CC(Oc3ccnc4c3CN(C[C@@H]3CCNC3)CC4)C2)C1)C1CC(F)(F)C1. The van der Waals surface area contributed by atoms with Crippen molar-refractivity contribution in [2.45, 2.75) is 83.0 Å². The maximum atomic E-state index is 14.5. The normalized spacial score (nSPS) is 22.8. The third-order valence-corrected chi connectivity index (χ3v) is 11.0. The molecule has 0 unspecified atom stereocenters. The molecule has 2 saturated heterocycles. The summed E-state index contributed by atoms with van der Waals surface area (Å²) in [4.78, 5) is 28.8. The van der Waals surface area contributed by atoms with Gasteiger partial charge in [0.2, 0.25) is 0 Å². The lowest BCUT2D eigenvalue weighted by molar-refractivity contribution is -0.120. The molecule has 5 heterocycles. The van der Waals surface area contributed by atoms with Crippen molar-refractivity contribution in [1.29, 1.82) is 0 Å². The Morgan fingerprint density at radius 1 is 1.12 bits per heavy atom. The molecule has 1 aromatic carbocycles. The van der Waals surface area contributed by atoms with Crippen molar-refractivity contribution in [2.75, 3.05) is 44.2 Å². The second-order valence-electron chi connectivity index (χ2n) is 15.1. The minimum Gasteiger partial charge on any atom is -0.490 e. The highest BCUT2D eigenvalue weighted by molar-refractivity contribution is 5.97. The van der Waals surface area contributed by atoms with E-state index in [1.807, 2.05) is 12.3 Å². The van der Waals surface area contributed by atoms with Crippen LogP contribution in [0.3, 0.4) is 0 Å². The Hall–Kier alpha value is -4.04. The van der Waals surface area contributed by atoms with E-state index >= 15 is 0 Å². The van der Waals surface area contributed by atoms with E-state index in [4.69, 9.17) is 9.47 Å². The molecule has 50 heavy (non-hydrogen) atoms. The minimum atomic E-state index is -2.81. The predicted octanol–water partition coefficient (Wildman–Crippen LogP) is 4.86. The lowest BCUT2D eigenvalue weighted by Gasteiger charge is -2.58. The quantitative estimate of drug-likeness (QED) is 0.317. The summed E-state index contributed by atoms with van der Waals surface area (Å²) in [5, 5.41) is 11.5. The highest BCUT2D eigenvalue weighted by Gasteiger charge is 2.55. The lowest BCUT2D eigenvalue weighted by Crippen LogP contribution is -2.65. The second-order valence-corrected chi connectivity index (χ2v) is 15.1. The third-order valence-electron chi connectivity index (χ3n) is 11.0. The molecule has 3 aromatic rings. The summed E-state index contributed by atoms with van der Waals surface area (Å²) in [6.07, 6.45) is 6.46. The second kappa shape index (κ2) is 12.9. The average Bonchev–Trinajstić information content (AvgIpc) is 3.55. The molecule has 266 valence electrons. The van der Waals surface area contributed by atoms with Gasteiger partial charge in [0, 0.05) is 86.9 Å². The molecule has 8 rings (SSSR count). The number of amides is 1. The van der Waals surface area contributed by atoms with Gasteiger partial charge in [-0.3, -0.25) is 14.7 Å². The summed E-state index contributed by atoms with van der Waals surface area (Å²) in [5.41, 5.74) is 2.38. The molecule has 14 heteroatoms. The zero-order valence-corrected chi connectivity index (χ0v) is 28.5. The fraction of sp³-hybridized carbons (Fsp3) is 0.583. The first-order chi connectivity index (χ1) is 24.0. The van der Waals surface area contributed by atoms with Crippen molar-refractivity contribution < 1.29 is 27.4 Å². The summed E-state index contributed by atoms with van der Waals surface area (Å²) in [7, 11) is 0. The molecular formula is C36H43F3N8O3. The van der Waals surface area contributed by atoms with Crippen molar-refractivity contribution in [3.63, 3.8) is 0 Å². The van der Waals surface area contributed by atoms with Crippen LogP contribution < -0.4 is 19.7 Å². The molecule has 2 saturated carbocycles. The molecule has 2 aliphatic carbocycles. The van der Waals surface area contributed by atoms with Crippen molar-refractivity contribution in [3.8, 4) is 17.4 Å². The minimum absolute atomic E-state index is 0.0585. The first-order valence-corrected chi connectivity index (χ1v) is 17.7. The molecular weight excluding hydrogens is 649 g/mol. The largest absolute Gasteiger partial charge is 0.490 e. The van der Waals surface area contributed by atoms with Crippen LogP contribution in [0.4, 0.5) is 19.0 Å². The van der Waals surface area contributed by atoms with E-state index in [0.717, 1.165) is 82.6 Å². The van der Waals surface area contributed by atoms with Gasteiger partial charge < -0.3 is 24.6 Å². The van der Waals surface area contributed by atoms with Gasteiger partial charge in [0.1, 0.15) is 29.7 Å². The Labute approximate surface area is 289 Å². The van der Waals surface area contributed by atoms with E-state index in [9.17, 15) is 18.0 Å². The number of carbonyl (C=O) groups excluding carboxylic acids is 1. The number of fused-ring (bicyclic) bond motifs is 1. The number of hydrogen-bond donors (Lipinski definition) is 1. The number of nitrogens with one attached hydrogen (secondary N) is 1. The van der Waals surface area contributed by atoms with Gasteiger partial charge in [0.05, 0.1) is 5.56 Å². The summed E-state index contributed by atoms with van der Waals surface area (Å²) in [5.74, 6) is -1.77. The van der Waals surface area contributed by atoms with Gasteiger partial charge in [-0.15, -0.1) is 10.2 Å². The highest BCUT2D eigenvalue weighted by Crippen LogP contribution is 2.52. The van der Waals surface area contributed by atoms with Crippen molar-refractivity contribution >= 4 is 11.7 Å². The van der Waals surface area contributed by atoms with Gasteiger partial charge >= 0.3 is 0 Å².